The van der Waals surface area contributed by atoms with Crippen LogP contribution in [0.1, 0.15) is 49.2 Å². The Morgan fingerprint density at radius 3 is 2.48 bits per heavy atom. The Bertz CT molecular complexity index is 910. The van der Waals surface area contributed by atoms with Crippen LogP contribution in [0.25, 0.3) is 0 Å². The molecule has 156 valence electrons. The molecule has 29 heavy (non-hydrogen) atoms. The highest BCUT2D eigenvalue weighted by atomic mass is 19.1. The number of aryl methyl sites for hydroxylation is 1. The lowest BCUT2D eigenvalue weighted by Gasteiger charge is -2.42. The van der Waals surface area contributed by atoms with Gasteiger partial charge in [0.2, 0.25) is 5.91 Å². The second-order valence-corrected chi connectivity index (χ2v) is 8.28. The van der Waals surface area contributed by atoms with E-state index < -0.39 is 5.54 Å². The van der Waals surface area contributed by atoms with Gasteiger partial charge in [0.05, 0.1) is 17.8 Å². The van der Waals surface area contributed by atoms with E-state index in [0.29, 0.717) is 18.4 Å². The molecule has 1 aromatic carbocycles. The van der Waals surface area contributed by atoms with E-state index in [1.807, 2.05) is 24.6 Å². The largest absolute Gasteiger partial charge is 0.347 e. The Balaban J connectivity index is 1.77. The lowest BCUT2D eigenvalue weighted by atomic mass is 9.80. The zero-order valence-corrected chi connectivity index (χ0v) is 17.9. The number of hydrogen-bond donors (Lipinski definition) is 1. The van der Waals surface area contributed by atoms with Crippen molar-refractivity contribution in [3.63, 3.8) is 0 Å². The number of halogens is 1. The number of piperidine rings is 1. The van der Waals surface area contributed by atoms with Crippen LogP contribution in [0, 0.1) is 19.7 Å². The molecule has 6 heteroatoms. The zero-order chi connectivity index (χ0) is 21.2. The van der Waals surface area contributed by atoms with Crippen LogP contribution in [-0.2, 0) is 23.4 Å². The first kappa shape index (κ1) is 21.2. The fourth-order valence-corrected chi connectivity index (χ4v) is 4.34. The molecule has 3 rings (SSSR count). The Morgan fingerprint density at radius 2 is 1.90 bits per heavy atom. The fourth-order valence-electron chi connectivity index (χ4n) is 4.34. The molecule has 0 atom stereocenters. The van der Waals surface area contributed by atoms with Gasteiger partial charge in [0, 0.05) is 43.4 Å². The van der Waals surface area contributed by atoms with Crippen molar-refractivity contribution >= 4 is 5.91 Å². The first-order valence-corrected chi connectivity index (χ1v) is 10.2. The van der Waals surface area contributed by atoms with Gasteiger partial charge >= 0.3 is 0 Å². The third kappa shape index (κ3) is 4.58. The van der Waals surface area contributed by atoms with Gasteiger partial charge in [0.25, 0.3) is 0 Å². The molecule has 1 fully saturated rings. The van der Waals surface area contributed by atoms with E-state index in [2.05, 4.69) is 28.8 Å². The summed E-state index contributed by atoms with van der Waals surface area (Å²) < 4.78 is 16.6. The maximum atomic E-state index is 14.5. The molecule has 1 amide bonds. The van der Waals surface area contributed by atoms with E-state index in [1.54, 1.807) is 12.1 Å². The van der Waals surface area contributed by atoms with Gasteiger partial charge in [-0.05, 0) is 39.7 Å². The summed E-state index contributed by atoms with van der Waals surface area (Å²) in [6.07, 6.45) is 1.34. The molecular formula is C23H31FN4O. The molecule has 0 bridgehead atoms. The highest BCUT2D eigenvalue weighted by molar-refractivity contribution is 5.74. The molecule has 1 aromatic heterocycles. The molecule has 0 saturated carbocycles. The number of carbonyl (C=O) groups excluding carboxylic acids is 1. The minimum atomic E-state index is -0.651. The number of likely N-dealkylation sites (tertiary alicyclic amines) is 1. The van der Waals surface area contributed by atoms with E-state index in [0.717, 1.165) is 37.4 Å². The first-order chi connectivity index (χ1) is 13.7. The van der Waals surface area contributed by atoms with E-state index >= 15 is 0 Å². The molecule has 5 nitrogen and oxygen atoms in total. The number of amides is 1. The van der Waals surface area contributed by atoms with E-state index in [4.69, 9.17) is 0 Å². The Kier molecular flexibility index (Phi) is 6.22. The topological polar surface area (TPSA) is 50.2 Å². The summed E-state index contributed by atoms with van der Waals surface area (Å²) in [4.78, 5) is 14.3. The summed E-state index contributed by atoms with van der Waals surface area (Å²) in [6.45, 7) is 14.7. The van der Waals surface area contributed by atoms with Crippen LogP contribution >= 0.6 is 0 Å². The molecule has 2 heterocycles. The van der Waals surface area contributed by atoms with Crippen LogP contribution in [-0.4, -0.2) is 33.7 Å². The van der Waals surface area contributed by atoms with Gasteiger partial charge in [-0.1, -0.05) is 30.4 Å². The van der Waals surface area contributed by atoms with Crippen LogP contribution in [0.5, 0.6) is 0 Å². The maximum absolute atomic E-state index is 14.5. The minimum absolute atomic E-state index is 0.130. The average Bonchev–Trinajstić information content (AvgIpc) is 2.90. The third-order valence-corrected chi connectivity index (χ3v) is 5.85. The first-order valence-electron chi connectivity index (χ1n) is 10.2. The van der Waals surface area contributed by atoms with Crippen LogP contribution in [0.2, 0.25) is 0 Å². The number of benzene rings is 1. The Hall–Kier alpha value is -2.47. The van der Waals surface area contributed by atoms with Crippen LogP contribution < -0.4 is 5.32 Å². The second kappa shape index (κ2) is 8.49. The monoisotopic (exact) mass is 398 g/mol. The average molecular weight is 399 g/mol. The normalized spacial score (nSPS) is 16.6. The predicted molar refractivity (Wildman–Crippen MR) is 113 cm³/mol. The smallest absolute Gasteiger partial charge is 0.217 e. The standard InChI is InChI=1S/C23H31FN4O/c1-16(2)14-28-18(4)20(17(3)26-28)15-27-12-10-23(11-13-27,25-19(5)29)21-8-6-7-9-22(21)24/h6-9H,1,10-15H2,2-5H3,(H,25,29). The number of nitrogens with zero attached hydrogens (tertiary/aromatic N) is 3. The number of allylic oxidation sites excluding steroid dienone is 1. The quantitative estimate of drug-likeness (QED) is 0.752. The zero-order valence-electron chi connectivity index (χ0n) is 17.9. The third-order valence-electron chi connectivity index (χ3n) is 5.85. The number of nitrogens with one attached hydrogen (secondary N) is 1. The predicted octanol–water partition coefficient (Wildman–Crippen LogP) is 3.84. The highest BCUT2D eigenvalue weighted by Gasteiger charge is 2.39. The second-order valence-electron chi connectivity index (χ2n) is 8.28. The summed E-state index contributed by atoms with van der Waals surface area (Å²) in [5.74, 6) is -0.392. The number of rotatable bonds is 6. The fraction of sp³-hybridized carbons (Fsp3) is 0.478. The molecule has 0 aliphatic carbocycles. The van der Waals surface area contributed by atoms with Gasteiger partial charge in [-0.2, -0.15) is 5.10 Å². The summed E-state index contributed by atoms with van der Waals surface area (Å²) in [5.41, 5.74) is 4.45. The van der Waals surface area contributed by atoms with Crippen molar-refractivity contribution in [2.75, 3.05) is 13.1 Å². The van der Waals surface area contributed by atoms with Gasteiger partial charge in [0.15, 0.2) is 0 Å². The van der Waals surface area contributed by atoms with Gasteiger partial charge in [-0.3, -0.25) is 14.4 Å². The number of hydrogen-bond acceptors (Lipinski definition) is 3. The van der Waals surface area contributed by atoms with Crippen molar-refractivity contribution in [1.29, 1.82) is 0 Å². The molecule has 1 aliphatic heterocycles. The SMILES string of the molecule is C=C(C)Cn1nc(C)c(CN2CCC(NC(C)=O)(c3ccccc3F)CC2)c1C. The maximum Gasteiger partial charge on any atom is 0.217 e. The molecule has 1 aliphatic rings. The number of carbonyl (C=O) groups is 1. The van der Waals surface area contributed by atoms with E-state index in [9.17, 15) is 9.18 Å². The molecule has 0 spiro atoms. The van der Waals surface area contributed by atoms with Crippen molar-refractivity contribution in [2.24, 2.45) is 0 Å². The molecule has 2 aromatic rings. The van der Waals surface area contributed by atoms with Gasteiger partial charge in [-0.25, -0.2) is 4.39 Å². The molecule has 0 radical (unpaired) electrons. The molecule has 0 unspecified atom stereocenters. The minimum Gasteiger partial charge on any atom is -0.347 e. The molecule has 1 N–H and O–H groups in total. The summed E-state index contributed by atoms with van der Waals surface area (Å²) in [5, 5.41) is 7.72. The lowest BCUT2D eigenvalue weighted by molar-refractivity contribution is -0.121. The van der Waals surface area contributed by atoms with E-state index in [-0.39, 0.29) is 11.7 Å². The Morgan fingerprint density at radius 1 is 1.24 bits per heavy atom. The highest BCUT2D eigenvalue weighted by Crippen LogP contribution is 2.35. The lowest BCUT2D eigenvalue weighted by Crippen LogP contribution is -2.52. The number of aromatic nitrogens is 2. The van der Waals surface area contributed by atoms with Crippen molar-refractivity contribution in [3.05, 3.63) is 64.7 Å². The van der Waals surface area contributed by atoms with E-state index in [1.165, 1.54) is 24.2 Å². The molecular weight excluding hydrogens is 367 g/mol. The van der Waals surface area contributed by atoms with Crippen molar-refractivity contribution < 1.29 is 9.18 Å². The molecule has 1 saturated heterocycles. The Labute approximate surface area is 172 Å². The van der Waals surface area contributed by atoms with Crippen LogP contribution in [0.4, 0.5) is 4.39 Å². The summed E-state index contributed by atoms with van der Waals surface area (Å²) in [7, 11) is 0. The van der Waals surface area contributed by atoms with Gasteiger partial charge in [-0.15, -0.1) is 0 Å². The van der Waals surface area contributed by atoms with Crippen LogP contribution in [0.15, 0.2) is 36.4 Å². The van der Waals surface area contributed by atoms with Gasteiger partial charge in [0.1, 0.15) is 5.82 Å². The summed E-state index contributed by atoms with van der Waals surface area (Å²) in [6, 6.07) is 6.77. The summed E-state index contributed by atoms with van der Waals surface area (Å²) >= 11 is 0. The van der Waals surface area contributed by atoms with Crippen molar-refractivity contribution in [2.45, 2.75) is 59.2 Å². The van der Waals surface area contributed by atoms with Gasteiger partial charge < -0.3 is 5.32 Å². The van der Waals surface area contributed by atoms with Crippen molar-refractivity contribution in [1.82, 2.24) is 20.0 Å². The van der Waals surface area contributed by atoms with Crippen LogP contribution in [0.3, 0.4) is 0 Å². The van der Waals surface area contributed by atoms with Crippen molar-refractivity contribution in [3.8, 4) is 0 Å².